The Hall–Kier alpha value is -0.820. The molecule has 1 rings (SSSR count). The number of hydrogen-bond acceptors (Lipinski definition) is 1. The van der Waals surface area contributed by atoms with Crippen LogP contribution < -0.4 is 0 Å². The molecule has 0 aromatic rings. The lowest BCUT2D eigenvalue weighted by atomic mass is 9.84. The van der Waals surface area contributed by atoms with Crippen LogP contribution >= 0.6 is 0 Å². The fourth-order valence-electron chi connectivity index (χ4n) is 1.65. The normalized spacial score (nSPS) is 22.3. The van der Waals surface area contributed by atoms with Crippen molar-refractivity contribution in [1.82, 2.24) is 0 Å². The van der Waals surface area contributed by atoms with Crippen molar-refractivity contribution in [3.05, 3.63) is 18.1 Å². The molecule has 1 N–H and O–H groups in total. The Balaban J connectivity index is 2.38. The van der Waals surface area contributed by atoms with Crippen LogP contribution in [-0.2, 0) is 0 Å². The van der Waals surface area contributed by atoms with Crippen LogP contribution in [0.4, 0.5) is 8.78 Å². The van der Waals surface area contributed by atoms with Crippen molar-refractivity contribution >= 4 is 0 Å². The summed E-state index contributed by atoms with van der Waals surface area (Å²) in [5.41, 5.74) is 2.37. The largest absolute Gasteiger partial charge is 0.505 e. The van der Waals surface area contributed by atoms with E-state index >= 15 is 0 Å². The van der Waals surface area contributed by atoms with Crippen LogP contribution in [0.5, 0.6) is 0 Å². The van der Waals surface area contributed by atoms with Gasteiger partial charge in [-0.05, 0) is 18.8 Å². The smallest absolute Gasteiger partial charge is 0.248 e. The number of halogens is 2. The highest BCUT2D eigenvalue weighted by Gasteiger charge is 2.34. The van der Waals surface area contributed by atoms with Crippen LogP contribution in [0.3, 0.4) is 0 Å². The number of rotatable bonds is 2. The topological polar surface area (TPSA) is 20.2 Å². The Labute approximate surface area is 76.8 Å². The van der Waals surface area contributed by atoms with Crippen LogP contribution in [0.1, 0.15) is 32.1 Å². The summed E-state index contributed by atoms with van der Waals surface area (Å²) in [6.45, 7) is 3.29. The van der Waals surface area contributed by atoms with Gasteiger partial charge in [-0.3, -0.25) is 0 Å². The Morgan fingerprint density at radius 2 is 2.00 bits per heavy atom. The van der Waals surface area contributed by atoms with Crippen molar-refractivity contribution in [2.24, 2.45) is 5.92 Å². The quantitative estimate of drug-likeness (QED) is 0.520. The van der Waals surface area contributed by atoms with Crippen molar-refractivity contribution in [1.29, 1.82) is 0 Å². The van der Waals surface area contributed by atoms with Gasteiger partial charge in [0, 0.05) is 19.3 Å². The predicted molar refractivity (Wildman–Crippen MR) is 46.8 cm³/mol. The van der Waals surface area contributed by atoms with Crippen molar-refractivity contribution in [3.63, 3.8) is 0 Å². The average molecular weight is 188 g/mol. The van der Waals surface area contributed by atoms with Crippen molar-refractivity contribution in [2.45, 2.75) is 38.0 Å². The van der Waals surface area contributed by atoms with Gasteiger partial charge in [0.25, 0.3) is 0 Å². The summed E-state index contributed by atoms with van der Waals surface area (Å²) in [4.78, 5) is 0. The van der Waals surface area contributed by atoms with Gasteiger partial charge in [-0.1, -0.05) is 12.3 Å². The molecule has 0 unspecified atom stereocenters. The summed E-state index contributed by atoms with van der Waals surface area (Å²) in [5, 5.41) is 9.10. The lowest BCUT2D eigenvalue weighted by Crippen LogP contribution is -2.24. The van der Waals surface area contributed by atoms with E-state index in [0.29, 0.717) is 19.3 Å². The first-order valence-corrected chi connectivity index (χ1v) is 4.49. The van der Waals surface area contributed by atoms with Gasteiger partial charge in [-0.25, -0.2) is 8.78 Å². The molecule has 1 saturated carbocycles. The Kier molecular flexibility index (Phi) is 3.10. The van der Waals surface area contributed by atoms with Crippen molar-refractivity contribution < 1.29 is 13.9 Å². The Morgan fingerprint density at radius 1 is 1.46 bits per heavy atom. The van der Waals surface area contributed by atoms with Gasteiger partial charge in [0.05, 0.1) is 0 Å². The number of aliphatic hydroxyl groups excluding tert-OH is 1. The molecule has 1 aliphatic carbocycles. The Bertz CT molecular complexity index is 219. The van der Waals surface area contributed by atoms with Gasteiger partial charge in [0.15, 0.2) is 0 Å². The van der Waals surface area contributed by atoms with Crippen LogP contribution in [0.2, 0.25) is 0 Å². The first-order chi connectivity index (χ1) is 6.03. The minimum absolute atomic E-state index is 0.0535. The van der Waals surface area contributed by atoms with Crippen molar-refractivity contribution in [3.8, 4) is 0 Å². The minimum Gasteiger partial charge on any atom is -0.505 e. The summed E-state index contributed by atoms with van der Waals surface area (Å²) < 4.78 is 25.4. The molecular weight excluding hydrogens is 174 g/mol. The van der Waals surface area contributed by atoms with Crippen LogP contribution in [0.25, 0.3) is 0 Å². The molecule has 1 aliphatic rings. The number of hydrogen-bond donors (Lipinski definition) is 1. The molecule has 0 heterocycles. The molecule has 1 nitrogen and oxygen atoms in total. The summed E-state index contributed by atoms with van der Waals surface area (Å²) in [7, 11) is 0. The first kappa shape index (κ1) is 10.3. The third kappa shape index (κ3) is 3.19. The molecule has 0 aromatic carbocycles. The van der Waals surface area contributed by atoms with Gasteiger partial charge >= 0.3 is 0 Å². The molecule has 0 bridgehead atoms. The van der Waals surface area contributed by atoms with Gasteiger partial charge < -0.3 is 5.11 Å². The van der Waals surface area contributed by atoms with Gasteiger partial charge in [0.1, 0.15) is 5.76 Å². The van der Waals surface area contributed by atoms with Gasteiger partial charge in [-0.2, -0.15) is 0 Å². The first-order valence-electron chi connectivity index (χ1n) is 4.49. The fourth-order valence-corrected chi connectivity index (χ4v) is 1.65. The maximum atomic E-state index is 12.7. The third-order valence-electron chi connectivity index (χ3n) is 2.52. The fraction of sp³-hybridized carbons (Fsp3) is 0.700. The van der Waals surface area contributed by atoms with E-state index in [-0.39, 0.29) is 24.5 Å². The summed E-state index contributed by atoms with van der Waals surface area (Å²) in [5.74, 6) is -2.21. The van der Waals surface area contributed by atoms with E-state index in [1.807, 2.05) is 0 Å². The Morgan fingerprint density at radius 3 is 2.46 bits per heavy atom. The monoisotopic (exact) mass is 188 g/mol. The van der Waals surface area contributed by atoms with Crippen LogP contribution in [0, 0.1) is 5.92 Å². The molecule has 0 atom stereocenters. The minimum atomic E-state index is -2.48. The summed E-state index contributed by atoms with van der Waals surface area (Å²) in [6.07, 6.45) is 1.31. The highest BCUT2D eigenvalue weighted by molar-refractivity contribution is 4.90. The molecule has 1 fully saturated rings. The highest BCUT2D eigenvalue weighted by atomic mass is 19.3. The molecule has 74 valence electrons. The molecule has 0 saturated heterocycles. The standard InChI is InChI=1S/C10H14F2O/c1-2-9(13)7-8-3-5-10(11,12)6-4-8/h8,13H,1,3-7H2. The second-order valence-electron chi connectivity index (χ2n) is 3.63. The maximum Gasteiger partial charge on any atom is 0.248 e. The molecule has 13 heavy (non-hydrogen) atoms. The van der Waals surface area contributed by atoms with E-state index < -0.39 is 5.92 Å². The number of alkyl halides is 2. The van der Waals surface area contributed by atoms with Gasteiger partial charge in [-0.15, -0.1) is 0 Å². The molecule has 0 aromatic heterocycles. The third-order valence-corrected chi connectivity index (χ3v) is 2.52. The average Bonchev–Trinajstić information content (AvgIpc) is 2.08. The van der Waals surface area contributed by atoms with E-state index in [9.17, 15) is 8.78 Å². The maximum absolute atomic E-state index is 12.7. The summed E-state index contributed by atoms with van der Waals surface area (Å²) >= 11 is 0. The zero-order chi connectivity index (χ0) is 9.90. The summed E-state index contributed by atoms with van der Waals surface area (Å²) in [6, 6.07) is 0. The zero-order valence-corrected chi connectivity index (χ0v) is 7.52. The second-order valence-corrected chi connectivity index (χ2v) is 3.63. The van der Waals surface area contributed by atoms with Crippen molar-refractivity contribution in [2.75, 3.05) is 0 Å². The van der Waals surface area contributed by atoms with Crippen LogP contribution in [-0.4, -0.2) is 11.0 Å². The van der Waals surface area contributed by atoms with E-state index in [4.69, 9.17) is 5.11 Å². The van der Waals surface area contributed by atoms with Crippen LogP contribution in [0.15, 0.2) is 18.1 Å². The van der Waals surface area contributed by atoms with E-state index in [2.05, 4.69) is 12.3 Å². The lowest BCUT2D eigenvalue weighted by molar-refractivity contribution is -0.0464. The molecule has 0 amide bonds. The predicted octanol–water partition coefficient (Wildman–Crippen LogP) is 3.43. The molecular formula is C10H14F2O. The molecule has 0 spiro atoms. The SMILES string of the molecule is C=C=C(O)CC1CCC(F)(F)CC1. The van der Waals surface area contributed by atoms with Gasteiger partial charge in [0.2, 0.25) is 5.92 Å². The molecule has 0 aliphatic heterocycles. The highest BCUT2D eigenvalue weighted by Crippen LogP contribution is 2.37. The number of allylic oxidation sites excluding steroid dienone is 1. The van der Waals surface area contributed by atoms with E-state index in [1.54, 1.807) is 0 Å². The molecule has 3 heteroatoms. The zero-order valence-electron chi connectivity index (χ0n) is 7.52. The molecule has 0 radical (unpaired) electrons. The lowest BCUT2D eigenvalue weighted by Gasteiger charge is -2.27. The number of aliphatic hydroxyl groups is 1. The van der Waals surface area contributed by atoms with E-state index in [1.165, 1.54) is 0 Å². The second kappa shape index (κ2) is 3.93. The van der Waals surface area contributed by atoms with E-state index in [0.717, 1.165) is 0 Å².